The van der Waals surface area contributed by atoms with E-state index in [0.717, 1.165) is 22.4 Å². The molecule has 0 radical (unpaired) electrons. The zero-order valence-electron chi connectivity index (χ0n) is 7.58. The number of halogens is 1. The molecule has 0 aliphatic heterocycles. The molecule has 2 rings (SSSR count). The summed E-state index contributed by atoms with van der Waals surface area (Å²) in [5.41, 5.74) is 3.03. The summed E-state index contributed by atoms with van der Waals surface area (Å²) in [4.78, 5) is 8.44. The van der Waals surface area contributed by atoms with Gasteiger partial charge in [-0.05, 0) is 6.92 Å². The van der Waals surface area contributed by atoms with Gasteiger partial charge >= 0.3 is 0 Å². The van der Waals surface area contributed by atoms with Crippen molar-refractivity contribution in [3.05, 3.63) is 23.8 Å². The van der Waals surface area contributed by atoms with Crippen LogP contribution in [0.25, 0.3) is 11.0 Å². The number of hydrogen-bond donors (Lipinski definition) is 0. The van der Waals surface area contributed by atoms with Gasteiger partial charge in [0.15, 0.2) is 0 Å². The summed E-state index contributed by atoms with van der Waals surface area (Å²) in [6.45, 7) is 1.97. The quantitative estimate of drug-likeness (QED) is 0.652. The van der Waals surface area contributed by atoms with E-state index in [4.69, 9.17) is 11.6 Å². The number of fused-ring (bicyclic) bond motifs is 1. The fourth-order valence-electron chi connectivity index (χ4n) is 1.46. The molecule has 0 saturated heterocycles. The van der Waals surface area contributed by atoms with Gasteiger partial charge in [0.1, 0.15) is 11.3 Å². The number of alkyl halides is 1. The lowest BCUT2D eigenvalue weighted by Crippen LogP contribution is -1.93. The zero-order chi connectivity index (χ0) is 9.42. The van der Waals surface area contributed by atoms with Crippen LogP contribution in [0.1, 0.15) is 11.4 Å². The first-order valence-corrected chi connectivity index (χ1v) is 4.59. The molecular weight excluding hydrogens is 186 g/mol. The number of aryl methyl sites for hydroxylation is 2. The van der Waals surface area contributed by atoms with Crippen molar-refractivity contribution >= 4 is 22.6 Å². The lowest BCUT2D eigenvalue weighted by atomic mass is 10.3. The van der Waals surface area contributed by atoms with Crippen molar-refractivity contribution in [2.24, 2.45) is 7.05 Å². The molecule has 3 nitrogen and oxygen atoms in total. The van der Waals surface area contributed by atoms with E-state index in [-0.39, 0.29) is 0 Å². The van der Waals surface area contributed by atoms with Crippen LogP contribution < -0.4 is 0 Å². The van der Waals surface area contributed by atoms with Crippen LogP contribution in [0.3, 0.4) is 0 Å². The number of nitrogens with zero attached hydrogens (tertiary/aromatic N) is 3. The molecule has 68 valence electrons. The number of pyridine rings is 1. The standard InChI is InChI=1S/C9H10ClN3/c1-6-12-8-5-11-4-7(3-10)9(8)13(6)2/h4-5H,3H2,1-2H3. The molecule has 13 heavy (non-hydrogen) atoms. The minimum Gasteiger partial charge on any atom is -0.331 e. The highest BCUT2D eigenvalue weighted by Crippen LogP contribution is 2.18. The molecule has 0 aliphatic rings. The first kappa shape index (κ1) is 8.51. The lowest BCUT2D eigenvalue weighted by molar-refractivity contribution is 0.882. The Labute approximate surface area is 81.4 Å². The molecule has 2 aromatic heterocycles. The van der Waals surface area contributed by atoms with Crippen LogP contribution in [0.4, 0.5) is 0 Å². The molecule has 0 N–H and O–H groups in total. The van der Waals surface area contributed by atoms with Crippen LogP contribution in [0.2, 0.25) is 0 Å². The van der Waals surface area contributed by atoms with Crippen molar-refractivity contribution in [1.82, 2.24) is 14.5 Å². The first-order chi connectivity index (χ1) is 6.24. The summed E-state index contributed by atoms with van der Waals surface area (Å²) in [7, 11) is 1.99. The zero-order valence-corrected chi connectivity index (χ0v) is 8.34. The van der Waals surface area contributed by atoms with Gasteiger partial charge in [0.05, 0.1) is 17.6 Å². The summed E-state index contributed by atoms with van der Waals surface area (Å²) < 4.78 is 2.04. The van der Waals surface area contributed by atoms with Gasteiger partial charge in [-0.1, -0.05) is 0 Å². The smallest absolute Gasteiger partial charge is 0.107 e. The molecule has 0 saturated carbocycles. The highest BCUT2D eigenvalue weighted by molar-refractivity contribution is 6.17. The van der Waals surface area contributed by atoms with Crippen molar-refractivity contribution in [3.63, 3.8) is 0 Å². The van der Waals surface area contributed by atoms with Gasteiger partial charge in [-0.15, -0.1) is 11.6 Å². The largest absolute Gasteiger partial charge is 0.331 e. The maximum absolute atomic E-state index is 5.81. The first-order valence-electron chi connectivity index (χ1n) is 4.06. The van der Waals surface area contributed by atoms with Crippen molar-refractivity contribution in [1.29, 1.82) is 0 Å². The molecule has 0 aromatic carbocycles. The van der Waals surface area contributed by atoms with E-state index >= 15 is 0 Å². The van der Waals surface area contributed by atoms with Crippen LogP contribution in [0.5, 0.6) is 0 Å². The predicted octanol–water partition coefficient (Wildman–Crippen LogP) is 2.02. The monoisotopic (exact) mass is 195 g/mol. The second kappa shape index (κ2) is 3.00. The van der Waals surface area contributed by atoms with Gasteiger partial charge in [0.2, 0.25) is 0 Å². The van der Waals surface area contributed by atoms with Crippen LogP contribution in [0.15, 0.2) is 12.4 Å². The summed E-state index contributed by atoms with van der Waals surface area (Å²) in [6.07, 6.45) is 3.55. The number of rotatable bonds is 1. The number of imidazole rings is 1. The molecule has 0 bridgehead atoms. The van der Waals surface area contributed by atoms with E-state index in [2.05, 4.69) is 9.97 Å². The second-order valence-corrected chi connectivity index (χ2v) is 3.29. The number of hydrogen-bond acceptors (Lipinski definition) is 2. The maximum Gasteiger partial charge on any atom is 0.107 e. The van der Waals surface area contributed by atoms with Crippen molar-refractivity contribution < 1.29 is 0 Å². The molecular formula is C9H10ClN3. The molecule has 0 amide bonds. The van der Waals surface area contributed by atoms with Crippen LogP contribution in [-0.2, 0) is 12.9 Å². The Morgan fingerprint density at radius 1 is 1.46 bits per heavy atom. The Morgan fingerprint density at radius 3 is 2.92 bits per heavy atom. The third-order valence-electron chi connectivity index (χ3n) is 2.22. The highest BCUT2D eigenvalue weighted by atomic mass is 35.5. The third kappa shape index (κ3) is 1.20. The Morgan fingerprint density at radius 2 is 2.23 bits per heavy atom. The van der Waals surface area contributed by atoms with E-state index in [1.54, 1.807) is 12.4 Å². The van der Waals surface area contributed by atoms with Gasteiger partial charge < -0.3 is 4.57 Å². The summed E-state index contributed by atoms with van der Waals surface area (Å²) >= 11 is 5.81. The van der Waals surface area contributed by atoms with E-state index in [1.165, 1.54) is 0 Å². The average molecular weight is 196 g/mol. The molecule has 4 heteroatoms. The number of aromatic nitrogens is 3. The van der Waals surface area contributed by atoms with E-state index in [1.807, 2.05) is 18.5 Å². The van der Waals surface area contributed by atoms with E-state index in [9.17, 15) is 0 Å². The highest BCUT2D eigenvalue weighted by Gasteiger charge is 2.07. The van der Waals surface area contributed by atoms with Gasteiger partial charge in [0.25, 0.3) is 0 Å². The molecule has 0 fully saturated rings. The van der Waals surface area contributed by atoms with Crippen molar-refractivity contribution in [2.45, 2.75) is 12.8 Å². The molecule has 2 aromatic rings. The summed E-state index contributed by atoms with van der Waals surface area (Å²) in [5, 5.41) is 0. The minimum absolute atomic E-state index is 0.476. The van der Waals surface area contributed by atoms with Crippen LogP contribution in [0, 0.1) is 6.92 Å². The van der Waals surface area contributed by atoms with Crippen molar-refractivity contribution in [2.75, 3.05) is 0 Å². The molecule has 0 aliphatic carbocycles. The van der Waals surface area contributed by atoms with Crippen LogP contribution >= 0.6 is 11.6 Å². The van der Waals surface area contributed by atoms with E-state index < -0.39 is 0 Å². The second-order valence-electron chi connectivity index (χ2n) is 3.02. The molecule has 0 unspecified atom stereocenters. The van der Waals surface area contributed by atoms with Gasteiger partial charge in [0, 0.05) is 18.8 Å². The topological polar surface area (TPSA) is 30.7 Å². The van der Waals surface area contributed by atoms with Crippen molar-refractivity contribution in [3.8, 4) is 0 Å². The maximum atomic E-state index is 5.81. The lowest BCUT2D eigenvalue weighted by Gasteiger charge is -2.00. The van der Waals surface area contributed by atoms with Crippen LogP contribution in [-0.4, -0.2) is 14.5 Å². The Hall–Kier alpha value is -1.09. The fraction of sp³-hybridized carbons (Fsp3) is 0.333. The Kier molecular flexibility index (Phi) is 1.96. The Balaban J connectivity index is 2.87. The SMILES string of the molecule is Cc1nc2cncc(CCl)c2n1C. The van der Waals surface area contributed by atoms with Gasteiger partial charge in [-0.3, -0.25) is 4.98 Å². The normalized spacial score (nSPS) is 11.0. The fourth-order valence-corrected chi connectivity index (χ4v) is 1.66. The average Bonchev–Trinajstić information content (AvgIpc) is 2.43. The summed E-state index contributed by atoms with van der Waals surface area (Å²) in [6, 6.07) is 0. The Bertz CT molecular complexity index is 447. The predicted molar refractivity (Wildman–Crippen MR) is 52.8 cm³/mol. The molecule has 0 spiro atoms. The minimum atomic E-state index is 0.476. The summed E-state index contributed by atoms with van der Waals surface area (Å²) in [5.74, 6) is 1.46. The molecule has 0 atom stereocenters. The third-order valence-corrected chi connectivity index (χ3v) is 2.51. The molecule has 2 heterocycles. The van der Waals surface area contributed by atoms with Gasteiger partial charge in [-0.25, -0.2) is 4.98 Å². The van der Waals surface area contributed by atoms with Gasteiger partial charge in [-0.2, -0.15) is 0 Å². The van der Waals surface area contributed by atoms with E-state index in [0.29, 0.717) is 5.88 Å².